The molecule has 0 aliphatic heterocycles. The molecular formula is C8H8ClN3. The van der Waals surface area contributed by atoms with Crippen molar-refractivity contribution >= 4 is 22.9 Å². The number of halogens is 1. The standard InChI is InChI=1S/C8H8ClN3/c1-5-7(9)12-4-2-3-6(10)8(12)11-5/h2-4H,10H2,1H3. The van der Waals surface area contributed by atoms with Gasteiger partial charge in [-0.05, 0) is 19.1 Å². The number of rotatable bonds is 0. The third kappa shape index (κ3) is 0.865. The van der Waals surface area contributed by atoms with Crippen molar-refractivity contribution in [1.29, 1.82) is 0 Å². The van der Waals surface area contributed by atoms with E-state index >= 15 is 0 Å². The van der Waals surface area contributed by atoms with Crippen LogP contribution in [0.15, 0.2) is 18.3 Å². The molecule has 0 aromatic carbocycles. The number of hydrogen-bond donors (Lipinski definition) is 1. The summed E-state index contributed by atoms with van der Waals surface area (Å²) in [5, 5.41) is 0.623. The number of imidazole rings is 1. The van der Waals surface area contributed by atoms with Crippen molar-refractivity contribution in [2.45, 2.75) is 6.92 Å². The Morgan fingerprint density at radius 1 is 1.58 bits per heavy atom. The molecule has 0 saturated carbocycles. The third-order valence-electron chi connectivity index (χ3n) is 1.78. The van der Waals surface area contributed by atoms with E-state index in [1.165, 1.54) is 0 Å². The van der Waals surface area contributed by atoms with E-state index in [2.05, 4.69) is 4.98 Å². The van der Waals surface area contributed by atoms with E-state index in [1.54, 1.807) is 10.5 Å². The highest BCUT2D eigenvalue weighted by atomic mass is 35.5. The molecule has 0 aliphatic rings. The van der Waals surface area contributed by atoms with Gasteiger partial charge in [-0.3, -0.25) is 4.40 Å². The van der Waals surface area contributed by atoms with Crippen LogP contribution in [0.25, 0.3) is 5.65 Å². The molecule has 3 nitrogen and oxygen atoms in total. The molecule has 2 heterocycles. The second-order valence-electron chi connectivity index (χ2n) is 2.65. The van der Waals surface area contributed by atoms with Crippen molar-refractivity contribution in [2.75, 3.05) is 5.73 Å². The molecule has 0 spiro atoms. The topological polar surface area (TPSA) is 43.3 Å². The maximum absolute atomic E-state index is 5.96. The molecule has 2 aromatic heterocycles. The maximum atomic E-state index is 5.96. The van der Waals surface area contributed by atoms with Gasteiger partial charge in [0.1, 0.15) is 5.15 Å². The van der Waals surface area contributed by atoms with Crippen molar-refractivity contribution in [2.24, 2.45) is 0 Å². The molecule has 0 fully saturated rings. The molecule has 0 atom stereocenters. The minimum absolute atomic E-state index is 0.623. The molecule has 12 heavy (non-hydrogen) atoms. The number of nitrogens with two attached hydrogens (primary N) is 1. The van der Waals surface area contributed by atoms with Crippen molar-refractivity contribution in [1.82, 2.24) is 9.38 Å². The number of nitrogens with zero attached hydrogens (tertiary/aromatic N) is 2. The number of pyridine rings is 1. The second kappa shape index (κ2) is 2.38. The van der Waals surface area contributed by atoms with Crippen LogP contribution < -0.4 is 5.73 Å². The highest BCUT2D eigenvalue weighted by molar-refractivity contribution is 6.30. The molecule has 2 aromatic rings. The van der Waals surface area contributed by atoms with Crippen molar-refractivity contribution in [3.63, 3.8) is 0 Å². The summed E-state index contributed by atoms with van der Waals surface area (Å²) >= 11 is 5.96. The van der Waals surface area contributed by atoms with Crippen LogP contribution in [0.5, 0.6) is 0 Å². The Kier molecular flexibility index (Phi) is 1.48. The predicted octanol–water partition coefficient (Wildman–Crippen LogP) is 1.88. The number of fused-ring (bicyclic) bond motifs is 1. The average Bonchev–Trinajstić information content (AvgIpc) is 2.32. The Balaban J connectivity index is 2.95. The van der Waals surface area contributed by atoms with Gasteiger partial charge in [0.05, 0.1) is 11.4 Å². The number of nitrogen functional groups attached to an aromatic ring is 1. The lowest BCUT2D eigenvalue weighted by Gasteiger charge is -1.96. The third-order valence-corrected chi connectivity index (χ3v) is 2.24. The molecule has 0 amide bonds. The van der Waals surface area contributed by atoms with Crippen LogP contribution in [0.2, 0.25) is 5.15 Å². The van der Waals surface area contributed by atoms with Gasteiger partial charge in [0.2, 0.25) is 0 Å². The Labute approximate surface area is 74.8 Å². The molecule has 0 bridgehead atoms. The summed E-state index contributed by atoms with van der Waals surface area (Å²) in [4.78, 5) is 4.22. The van der Waals surface area contributed by atoms with Gasteiger partial charge in [0.15, 0.2) is 5.65 Å². The zero-order chi connectivity index (χ0) is 8.72. The molecular weight excluding hydrogens is 174 g/mol. The number of anilines is 1. The highest BCUT2D eigenvalue weighted by Crippen LogP contribution is 2.20. The molecule has 0 saturated heterocycles. The predicted molar refractivity (Wildman–Crippen MR) is 49.4 cm³/mol. The number of aryl methyl sites for hydroxylation is 1. The van der Waals surface area contributed by atoms with Crippen LogP contribution >= 0.6 is 11.6 Å². The Bertz CT molecular complexity index is 433. The van der Waals surface area contributed by atoms with Crippen LogP contribution in [-0.4, -0.2) is 9.38 Å². The van der Waals surface area contributed by atoms with Crippen LogP contribution in [0, 0.1) is 6.92 Å². The largest absolute Gasteiger partial charge is 0.396 e. The van der Waals surface area contributed by atoms with Crippen molar-refractivity contribution < 1.29 is 0 Å². The summed E-state index contributed by atoms with van der Waals surface area (Å²) in [5.74, 6) is 0. The van der Waals surface area contributed by atoms with Crippen LogP contribution in [0.3, 0.4) is 0 Å². The zero-order valence-electron chi connectivity index (χ0n) is 6.58. The first kappa shape index (κ1) is 7.43. The number of hydrogen-bond acceptors (Lipinski definition) is 2. The maximum Gasteiger partial charge on any atom is 0.161 e. The Morgan fingerprint density at radius 3 is 3.00 bits per heavy atom. The summed E-state index contributed by atoms with van der Waals surface area (Å²) in [6, 6.07) is 3.65. The smallest absolute Gasteiger partial charge is 0.161 e. The van der Waals surface area contributed by atoms with Gasteiger partial charge in [0.25, 0.3) is 0 Å². The zero-order valence-corrected chi connectivity index (χ0v) is 7.34. The van der Waals surface area contributed by atoms with E-state index in [9.17, 15) is 0 Å². The van der Waals surface area contributed by atoms with E-state index in [0.29, 0.717) is 10.8 Å². The van der Waals surface area contributed by atoms with Gasteiger partial charge in [-0.25, -0.2) is 4.98 Å². The van der Waals surface area contributed by atoms with Gasteiger partial charge in [-0.1, -0.05) is 11.6 Å². The lowest BCUT2D eigenvalue weighted by atomic mass is 10.4. The first-order chi connectivity index (χ1) is 5.70. The Morgan fingerprint density at radius 2 is 2.33 bits per heavy atom. The molecule has 62 valence electrons. The molecule has 2 rings (SSSR count). The summed E-state index contributed by atoms with van der Waals surface area (Å²) < 4.78 is 1.77. The van der Waals surface area contributed by atoms with Gasteiger partial charge in [-0.2, -0.15) is 0 Å². The fourth-order valence-corrected chi connectivity index (χ4v) is 1.35. The monoisotopic (exact) mass is 181 g/mol. The molecule has 4 heteroatoms. The minimum Gasteiger partial charge on any atom is -0.396 e. The van der Waals surface area contributed by atoms with Gasteiger partial charge < -0.3 is 5.73 Å². The Hall–Kier alpha value is -1.22. The first-order valence-corrected chi connectivity index (χ1v) is 3.96. The minimum atomic E-state index is 0.623. The van der Waals surface area contributed by atoms with E-state index in [1.807, 2.05) is 19.2 Å². The quantitative estimate of drug-likeness (QED) is 0.675. The lowest BCUT2D eigenvalue weighted by molar-refractivity contribution is 1.19. The molecule has 0 radical (unpaired) electrons. The summed E-state index contributed by atoms with van der Waals surface area (Å²) in [6.45, 7) is 1.86. The molecule has 0 unspecified atom stereocenters. The van der Waals surface area contributed by atoms with E-state index < -0.39 is 0 Å². The van der Waals surface area contributed by atoms with E-state index in [4.69, 9.17) is 17.3 Å². The first-order valence-electron chi connectivity index (χ1n) is 3.59. The lowest BCUT2D eigenvalue weighted by Crippen LogP contribution is -1.91. The van der Waals surface area contributed by atoms with Crippen molar-refractivity contribution in [3.8, 4) is 0 Å². The second-order valence-corrected chi connectivity index (χ2v) is 3.00. The van der Waals surface area contributed by atoms with Crippen molar-refractivity contribution in [3.05, 3.63) is 29.2 Å². The van der Waals surface area contributed by atoms with Gasteiger partial charge in [0, 0.05) is 6.20 Å². The van der Waals surface area contributed by atoms with Gasteiger partial charge in [-0.15, -0.1) is 0 Å². The van der Waals surface area contributed by atoms with Crippen LogP contribution in [0.4, 0.5) is 5.69 Å². The summed E-state index contributed by atoms with van der Waals surface area (Å²) in [7, 11) is 0. The summed E-state index contributed by atoms with van der Waals surface area (Å²) in [5.41, 5.74) is 7.87. The fourth-order valence-electron chi connectivity index (χ4n) is 1.17. The molecule has 2 N–H and O–H groups in total. The molecule has 0 aliphatic carbocycles. The SMILES string of the molecule is Cc1nc2c(N)cccn2c1Cl. The average molecular weight is 182 g/mol. The normalized spacial score (nSPS) is 10.8. The number of aromatic nitrogens is 2. The van der Waals surface area contributed by atoms with Gasteiger partial charge >= 0.3 is 0 Å². The summed E-state index contributed by atoms with van der Waals surface area (Å²) in [6.07, 6.45) is 1.84. The van der Waals surface area contributed by atoms with E-state index in [-0.39, 0.29) is 0 Å². The fraction of sp³-hybridized carbons (Fsp3) is 0.125. The van der Waals surface area contributed by atoms with Crippen LogP contribution in [-0.2, 0) is 0 Å². The van der Waals surface area contributed by atoms with Crippen LogP contribution in [0.1, 0.15) is 5.69 Å². The highest BCUT2D eigenvalue weighted by Gasteiger charge is 2.06. The van der Waals surface area contributed by atoms with E-state index in [0.717, 1.165) is 11.3 Å².